The molecule has 2 rings (SSSR count). The van der Waals surface area contributed by atoms with E-state index in [1.807, 2.05) is 24.3 Å². The molecule has 0 N–H and O–H groups in total. The lowest BCUT2D eigenvalue weighted by Gasteiger charge is -2.14. The third-order valence-corrected chi connectivity index (χ3v) is 6.85. The monoisotopic (exact) mass is 482 g/mol. The fourth-order valence-electron chi connectivity index (χ4n) is 4.25. The van der Waals surface area contributed by atoms with Crippen LogP contribution < -0.4 is 9.47 Å². The summed E-state index contributed by atoms with van der Waals surface area (Å²) in [6.07, 6.45) is 21.8. The van der Waals surface area contributed by atoms with Gasteiger partial charge in [0.1, 0.15) is 5.75 Å². The molecule has 0 radical (unpaired) electrons. The quantitative estimate of drug-likeness (QED) is 0.176. The molecule has 2 aromatic rings. The first-order valence-electron chi connectivity index (χ1n) is 14.3. The van der Waals surface area contributed by atoms with Gasteiger partial charge in [0.25, 0.3) is 0 Å². The first-order chi connectivity index (χ1) is 17.1. The number of hydrogen-bond acceptors (Lipinski definition) is 4. The molecular formula is C31H50N2O2. The lowest BCUT2D eigenvalue weighted by Crippen LogP contribution is -2.11. The van der Waals surface area contributed by atoms with E-state index in [1.54, 1.807) is 12.4 Å². The topological polar surface area (TPSA) is 44.2 Å². The first-order valence-corrected chi connectivity index (χ1v) is 14.3. The van der Waals surface area contributed by atoms with Crippen LogP contribution in [0.15, 0.2) is 36.7 Å². The summed E-state index contributed by atoms with van der Waals surface area (Å²) in [5.74, 6) is 3.26. The third kappa shape index (κ3) is 13.0. The van der Waals surface area contributed by atoms with Gasteiger partial charge in [-0.05, 0) is 56.4 Å². The van der Waals surface area contributed by atoms with Crippen LogP contribution in [0.4, 0.5) is 0 Å². The number of hydrogen-bond donors (Lipinski definition) is 0. The minimum absolute atomic E-state index is 0.241. The molecule has 0 fully saturated rings. The van der Waals surface area contributed by atoms with Gasteiger partial charge < -0.3 is 9.47 Å². The zero-order chi connectivity index (χ0) is 25.1. The molecule has 0 amide bonds. The Morgan fingerprint density at radius 1 is 0.686 bits per heavy atom. The van der Waals surface area contributed by atoms with Crippen molar-refractivity contribution in [3.8, 4) is 22.9 Å². The van der Waals surface area contributed by atoms with Crippen molar-refractivity contribution in [3.63, 3.8) is 0 Å². The average molecular weight is 483 g/mol. The maximum absolute atomic E-state index is 6.05. The van der Waals surface area contributed by atoms with Gasteiger partial charge in [-0.1, -0.05) is 91.4 Å². The summed E-state index contributed by atoms with van der Waals surface area (Å²) in [7, 11) is 0. The van der Waals surface area contributed by atoms with Gasteiger partial charge in [0.2, 0.25) is 0 Å². The summed E-state index contributed by atoms with van der Waals surface area (Å²) in [4.78, 5) is 8.99. The highest BCUT2D eigenvalue weighted by Gasteiger charge is 2.06. The summed E-state index contributed by atoms with van der Waals surface area (Å²) in [6, 6.07) is 8.08. The SMILES string of the molecule is CCCCCC[C@@H](C)Oc1ccc(-c2ncc(OCCCCCCCCCC(C)CC)cn2)cc1. The van der Waals surface area contributed by atoms with Crippen molar-refractivity contribution in [2.75, 3.05) is 6.61 Å². The Morgan fingerprint density at radius 3 is 1.94 bits per heavy atom. The van der Waals surface area contributed by atoms with Crippen molar-refractivity contribution in [1.29, 1.82) is 0 Å². The van der Waals surface area contributed by atoms with Gasteiger partial charge in [-0.25, -0.2) is 9.97 Å². The van der Waals surface area contributed by atoms with E-state index in [-0.39, 0.29) is 6.10 Å². The molecule has 4 nitrogen and oxygen atoms in total. The number of rotatable bonds is 20. The predicted molar refractivity (Wildman–Crippen MR) is 148 cm³/mol. The second kappa shape index (κ2) is 18.2. The first kappa shape index (κ1) is 29.1. The Bertz CT molecular complexity index is 761. The predicted octanol–water partition coefficient (Wildman–Crippen LogP) is 9.43. The van der Waals surface area contributed by atoms with Gasteiger partial charge in [0, 0.05) is 5.56 Å². The molecule has 1 aromatic heterocycles. The van der Waals surface area contributed by atoms with E-state index < -0.39 is 0 Å². The minimum atomic E-state index is 0.241. The van der Waals surface area contributed by atoms with Gasteiger partial charge in [-0.3, -0.25) is 0 Å². The molecule has 0 aliphatic rings. The Kier molecular flexibility index (Phi) is 15.2. The molecule has 0 aliphatic carbocycles. The summed E-state index contributed by atoms with van der Waals surface area (Å²) in [5, 5.41) is 0. The molecule has 0 aliphatic heterocycles. The van der Waals surface area contributed by atoms with E-state index >= 15 is 0 Å². The number of unbranched alkanes of at least 4 members (excludes halogenated alkanes) is 9. The lowest BCUT2D eigenvalue weighted by molar-refractivity contribution is 0.206. The van der Waals surface area contributed by atoms with Crippen LogP contribution in [0.25, 0.3) is 11.4 Å². The van der Waals surface area contributed by atoms with Crippen LogP contribution in [0.1, 0.15) is 118 Å². The van der Waals surface area contributed by atoms with Crippen molar-refractivity contribution in [1.82, 2.24) is 9.97 Å². The van der Waals surface area contributed by atoms with Gasteiger partial charge in [0.05, 0.1) is 25.1 Å². The van der Waals surface area contributed by atoms with Gasteiger partial charge in [0.15, 0.2) is 11.6 Å². The standard InChI is InChI=1S/C31H50N2O2/c1-5-7-8-15-18-27(4)35-29-21-19-28(20-22-29)31-32-24-30(25-33-31)34-23-16-13-11-9-10-12-14-17-26(3)6-2/h19-22,24-27H,5-18,23H2,1-4H3/t26?,27-/m1/s1. The third-order valence-electron chi connectivity index (χ3n) is 6.85. The van der Waals surface area contributed by atoms with Crippen molar-refractivity contribution in [2.24, 2.45) is 5.92 Å². The molecular weight excluding hydrogens is 432 g/mol. The Morgan fingerprint density at radius 2 is 1.29 bits per heavy atom. The molecule has 35 heavy (non-hydrogen) atoms. The van der Waals surface area contributed by atoms with Gasteiger partial charge in [-0.2, -0.15) is 0 Å². The lowest BCUT2D eigenvalue weighted by atomic mass is 10.00. The van der Waals surface area contributed by atoms with Crippen molar-refractivity contribution < 1.29 is 9.47 Å². The summed E-state index contributed by atoms with van der Waals surface area (Å²) in [5.41, 5.74) is 0.989. The Hall–Kier alpha value is -2.10. The van der Waals surface area contributed by atoms with E-state index in [4.69, 9.17) is 9.47 Å². The fourth-order valence-corrected chi connectivity index (χ4v) is 4.25. The molecule has 0 bridgehead atoms. The highest BCUT2D eigenvalue weighted by Crippen LogP contribution is 2.22. The molecule has 0 saturated heterocycles. The van der Waals surface area contributed by atoms with Crippen molar-refractivity contribution >= 4 is 0 Å². The van der Waals surface area contributed by atoms with Crippen LogP contribution in [0.5, 0.6) is 11.5 Å². The Balaban J connectivity index is 1.59. The normalized spacial score (nSPS) is 12.9. The summed E-state index contributed by atoms with van der Waals surface area (Å²) >= 11 is 0. The number of ether oxygens (including phenoxy) is 2. The van der Waals surface area contributed by atoms with Crippen LogP contribution in [-0.2, 0) is 0 Å². The molecule has 4 heteroatoms. The van der Waals surface area contributed by atoms with Crippen LogP contribution in [0.3, 0.4) is 0 Å². The van der Waals surface area contributed by atoms with E-state index in [1.165, 1.54) is 77.0 Å². The average Bonchev–Trinajstić information content (AvgIpc) is 2.88. The molecule has 2 atom stereocenters. The molecule has 0 spiro atoms. The van der Waals surface area contributed by atoms with E-state index in [0.717, 1.165) is 42.4 Å². The zero-order valence-electron chi connectivity index (χ0n) is 22.9. The number of nitrogens with zero attached hydrogens (tertiary/aromatic N) is 2. The van der Waals surface area contributed by atoms with E-state index in [0.29, 0.717) is 5.82 Å². The Labute approximate surface area is 215 Å². The van der Waals surface area contributed by atoms with Gasteiger partial charge in [-0.15, -0.1) is 0 Å². The van der Waals surface area contributed by atoms with E-state index in [2.05, 4.69) is 37.7 Å². The number of benzene rings is 1. The molecule has 0 saturated carbocycles. The minimum Gasteiger partial charge on any atom is -0.491 e. The highest BCUT2D eigenvalue weighted by molar-refractivity contribution is 5.56. The highest BCUT2D eigenvalue weighted by atomic mass is 16.5. The fraction of sp³-hybridized carbons (Fsp3) is 0.677. The molecule has 1 aromatic carbocycles. The van der Waals surface area contributed by atoms with E-state index in [9.17, 15) is 0 Å². The van der Waals surface area contributed by atoms with Crippen molar-refractivity contribution in [3.05, 3.63) is 36.7 Å². The van der Waals surface area contributed by atoms with Crippen LogP contribution in [0.2, 0.25) is 0 Å². The molecule has 196 valence electrons. The summed E-state index contributed by atoms with van der Waals surface area (Å²) in [6.45, 7) is 9.78. The van der Waals surface area contributed by atoms with Crippen LogP contribution >= 0.6 is 0 Å². The molecule has 1 unspecified atom stereocenters. The number of aromatic nitrogens is 2. The maximum atomic E-state index is 6.05. The van der Waals surface area contributed by atoms with Crippen LogP contribution in [0, 0.1) is 5.92 Å². The molecule has 1 heterocycles. The largest absolute Gasteiger partial charge is 0.491 e. The summed E-state index contributed by atoms with van der Waals surface area (Å²) < 4.78 is 11.9. The van der Waals surface area contributed by atoms with Gasteiger partial charge >= 0.3 is 0 Å². The van der Waals surface area contributed by atoms with Crippen LogP contribution in [-0.4, -0.2) is 22.7 Å². The second-order valence-electron chi connectivity index (χ2n) is 10.2. The second-order valence-corrected chi connectivity index (χ2v) is 10.2. The maximum Gasteiger partial charge on any atom is 0.159 e. The smallest absolute Gasteiger partial charge is 0.159 e. The zero-order valence-corrected chi connectivity index (χ0v) is 22.9. The van der Waals surface area contributed by atoms with Crippen molar-refractivity contribution in [2.45, 2.75) is 124 Å².